The minimum atomic E-state index is -0.00213. The highest BCUT2D eigenvalue weighted by molar-refractivity contribution is 7.99. The normalized spacial score (nSPS) is 10.6. The van der Waals surface area contributed by atoms with E-state index in [0.717, 1.165) is 11.7 Å². The van der Waals surface area contributed by atoms with E-state index in [2.05, 4.69) is 15.5 Å². The first-order valence-electron chi connectivity index (χ1n) is 6.12. The molecule has 19 heavy (non-hydrogen) atoms. The molecule has 2 aromatic heterocycles. The third-order valence-corrected chi connectivity index (χ3v) is 3.45. The first-order valence-corrected chi connectivity index (χ1v) is 7.11. The van der Waals surface area contributed by atoms with E-state index in [1.807, 2.05) is 30.5 Å². The quantitative estimate of drug-likeness (QED) is 0.817. The van der Waals surface area contributed by atoms with Crippen LogP contribution in [0.25, 0.3) is 11.6 Å². The van der Waals surface area contributed by atoms with Gasteiger partial charge in [-0.1, -0.05) is 11.8 Å². The van der Waals surface area contributed by atoms with E-state index in [1.54, 1.807) is 6.26 Å². The Morgan fingerprint density at radius 2 is 2.32 bits per heavy atom. The van der Waals surface area contributed by atoms with Crippen molar-refractivity contribution in [2.24, 2.45) is 0 Å². The number of hydrogen-bond acceptors (Lipinski definition) is 5. The number of rotatable bonds is 6. The van der Waals surface area contributed by atoms with Gasteiger partial charge in [0.05, 0.1) is 12.0 Å². The molecule has 0 aromatic carbocycles. The molecular weight excluding hydrogens is 264 g/mol. The van der Waals surface area contributed by atoms with Gasteiger partial charge in [0.25, 0.3) is 0 Å². The van der Waals surface area contributed by atoms with Gasteiger partial charge in [-0.15, -0.1) is 10.2 Å². The van der Waals surface area contributed by atoms with Gasteiger partial charge in [-0.05, 0) is 26.0 Å². The predicted octanol–water partition coefficient (Wildman–Crippen LogP) is 1.79. The van der Waals surface area contributed by atoms with Crippen molar-refractivity contribution in [3.05, 3.63) is 18.4 Å². The zero-order chi connectivity index (χ0) is 13.7. The van der Waals surface area contributed by atoms with Crippen molar-refractivity contribution in [1.29, 1.82) is 0 Å². The highest BCUT2D eigenvalue weighted by Crippen LogP contribution is 2.23. The summed E-state index contributed by atoms with van der Waals surface area (Å²) >= 11 is 1.37. The summed E-state index contributed by atoms with van der Waals surface area (Å²) in [6.45, 7) is 5.26. The van der Waals surface area contributed by atoms with E-state index < -0.39 is 0 Å². The third kappa shape index (κ3) is 3.17. The number of nitrogens with zero attached hydrogens (tertiary/aromatic N) is 3. The van der Waals surface area contributed by atoms with Gasteiger partial charge < -0.3 is 9.73 Å². The van der Waals surface area contributed by atoms with Crippen LogP contribution in [0.2, 0.25) is 0 Å². The lowest BCUT2D eigenvalue weighted by atomic mass is 10.4. The van der Waals surface area contributed by atoms with Crippen LogP contribution in [0.4, 0.5) is 0 Å². The second-order valence-electron chi connectivity index (χ2n) is 3.77. The SMILES string of the molecule is CCNC(=O)CSc1nnc(-c2ccco2)n1CC. The lowest BCUT2D eigenvalue weighted by Gasteiger charge is -2.05. The standard InChI is InChI=1S/C12H16N4O2S/c1-3-13-10(17)8-19-12-15-14-11(16(12)4-2)9-6-5-7-18-9/h5-7H,3-4,8H2,1-2H3,(H,13,17). The summed E-state index contributed by atoms with van der Waals surface area (Å²) in [6.07, 6.45) is 1.60. The van der Waals surface area contributed by atoms with Gasteiger partial charge in [0.2, 0.25) is 5.91 Å². The van der Waals surface area contributed by atoms with Crippen LogP contribution in [0.15, 0.2) is 28.0 Å². The predicted molar refractivity (Wildman–Crippen MR) is 72.8 cm³/mol. The Bertz CT molecular complexity index is 536. The van der Waals surface area contributed by atoms with E-state index in [-0.39, 0.29) is 5.91 Å². The Kier molecular flexibility index (Phi) is 4.62. The molecule has 0 radical (unpaired) electrons. The van der Waals surface area contributed by atoms with Crippen molar-refractivity contribution >= 4 is 17.7 Å². The van der Waals surface area contributed by atoms with Crippen molar-refractivity contribution in [3.63, 3.8) is 0 Å². The largest absolute Gasteiger partial charge is 0.461 e. The highest BCUT2D eigenvalue weighted by atomic mass is 32.2. The van der Waals surface area contributed by atoms with Crippen LogP contribution in [0.5, 0.6) is 0 Å². The van der Waals surface area contributed by atoms with Crippen LogP contribution in [0, 0.1) is 0 Å². The molecule has 0 unspecified atom stereocenters. The van der Waals surface area contributed by atoms with E-state index in [0.29, 0.717) is 23.9 Å². The van der Waals surface area contributed by atoms with E-state index in [1.165, 1.54) is 11.8 Å². The molecule has 0 atom stereocenters. The number of aromatic nitrogens is 3. The Hall–Kier alpha value is -1.76. The number of hydrogen-bond donors (Lipinski definition) is 1. The van der Waals surface area contributed by atoms with Crippen molar-refractivity contribution in [1.82, 2.24) is 20.1 Å². The molecule has 102 valence electrons. The fourth-order valence-electron chi connectivity index (χ4n) is 1.65. The van der Waals surface area contributed by atoms with E-state index >= 15 is 0 Å². The summed E-state index contributed by atoms with van der Waals surface area (Å²) in [7, 11) is 0. The Labute approximate surface area is 115 Å². The number of carbonyl (C=O) groups excluding carboxylic acids is 1. The minimum absolute atomic E-state index is 0.00213. The van der Waals surface area contributed by atoms with E-state index in [9.17, 15) is 4.79 Å². The van der Waals surface area contributed by atoms with Gasteiger partial charge in [0, 0.05) is 13.1 Å². The molecule has 0 aliphatic rings. The highest BCUT2D eigenvalue weighted by Gasteiger charge is 2.15. The Morgan fingerprint density at radius 3 is 2.95 bits per heavy atom. The maximum atomic E-state index is 11.4. The molecule has 1 N–H and O–H groups in total. The van der Waals surface area contributed by atoms with Crippen LogP contribution < -0.4 is 5.32 Å². The Morgan fingerprint density at radius 1 is 1.47 bits per heavy atom. The summed E-state index contributed by atoms with van der Waals surface area (Å²) in [5.41, 5.74) is 0. The second kappa shape index (κ2) is 6.42. The first-order chi connectivity index (χ1) is 9.26. The maximum absolute atomic E-state index is 11.4. The lowest BCUT2D eigenvalue weighted by Crippen LogP contribution is -2.24. The summed E-state index contributed by atoms with van der Waals surface area (Å²) < 4.78 is 7.26. The molecule has 0 saturated heterocycles. The molecule has 0 aliphatic heterocycles. The van der Waals surface area contributed by atoms with Gasteiger partial charge in [-0.25, -0.2) is 0 Å². The third-order valence-electron chi connectivity index (χ3n) is 2.48. The molecule has 0 spiro atoms. The van der Waals surface area contributed by atoms with Crippen molar-refractivity contribution in [2.75, 3.05) is 12.3 Å². The van der Waals surface area contributed by atoms with Gasteiger partial charge in [-0.2, -0.15) is 0 Å². The Balaban J connectivity index is 2.12. The molecule has 2 rings (SSSR count). The van der Waals surface area contributed by atoms with Crippen LogP contribution in [0.1, 0.15) is 13.8 Å². The number of nitrogens with one attached hydrogen (secondary N) is 1. The van der Waals surface area contributed by atoms with E-state index in [4.69, 9.17) is 4.42 Å². The second-order valence-corrected chi connectivity index (χ2v) is 4.71. The maximum Gasteiger partial charge on any atom is 0.230 e. The summed E-state index contributed by atoms with van der Waals surface area (Å²) in [5.74, 6) is 1.70. The minimum Gasteiger partial charge on any atom is -0.461 e. The van der Waals surface area contributed by atoms with Crippen molar-refractivity contribution < 1.29 is 9.21 Å². The summed E-state index contributed by atoms with van der Waals surface area (Å²) in [6, 6.07) is 3.65. The average molecular weight is 280 g/mol. The zero-order valence-corrected chi connectivity index (χ0v) is 11.7. The molecule has 7 heteroatoms. The summed E-state index contributed by atoms with van der Waals surface area (Å²) in [5, 5.41) is 11.7. The fraction of sp³-hybridized carbons (Fsp3) is 0.417. The van der Waals surface area contributed by atoms with Crippen LogP contribution in [0.3, 0.4) is 0 Å². The van der Waals surface area contributed by atoms with Crippen LogP contribution in [-0.2, 0) is 11.3 Å². The summed E-state index contributed by atoms with van der Waals surface area (Å²) in [4.78, 5) is 11.4. The number of amides is 1. The number of carbonyl (C=O) groups is 1. The van der Waals surface area contributed by atoms with Crippen molar-refractivity contribution in [3.8, 4) is 11.6 Å². The molecule has 2 aromatic rings. The molecule has 0 bridgehead atoms. The molecule has 0 fully saturated rings. The zero-order valence-electron chi connectivity index (χ0n) is 10.9. The monoisotopic (exact) mass is 280 g/mol. The molecule has 1 amide bonds. The molecule has 0 aliphatic carbocycles. The lowest BCUT2D eigenvalue weighted by molar-refractivity contribution is -0.118. The average Bonchev–Trinajstić information content (AvgIpc) is 3.05. The smallest absolute Gasteiger partial charge is 0.230 e. The molecule has 0 saturated carbocycles. The number of thioether (sulfide) groups is 1. The van der Waals surface area contributed by atoms with Gasteiger partial charge in [-0.3, -0.25) is 9.36 Å². The van der Waals surface area contributed by atoms with Crippen molar-refractivity contribution in [2.45, 2.75) is 25.5 Å². The van der Waals surface area contributed by atoms with Gasteiger partial charge in [0.15, 0.2) is 16.7 Å². The molecule has 6 nitrogen and oxygen atoms in total. The topological polar surface area (TPSA) is 73.0 Å². The fourth-order valence-corrected chi connectivity index (χ4v) is 2.48. The van der Waals surface area contributed by atoms with Gasteiger partial charge >= 0.3 is 0 Å². The first kappa shape index (κ1) is 13.7. The van der Waals surface area contributed by atoms with Crippen LogP contribution >= 0.6 is 11.8 Å². The van der Waals surface area contributed by atoms with Crippen LogP contribution in [-0.4, -0.2) is 33.0 Å². The number of furan rings is 1. The molecule has 2 heterocycles. The molecular formula is C12H16N4O2S. The van der Waals surface area contributed by atoms with Gasteiger partial charge in [0.1, 0.15) is 0 Å².